The molecule has 0 saturated carbocycles. The number of nitrogens with zero attached hydrogens (tertiary/aromatic N) is 14. The van der Waals surface area contributed by atoms with Gasteiger partial charge in [-0.3, -0.25) is 23.2 Å². The van der Waals surface area contributed by atoms with E-state index in [1.165, 1.54) is 42.6 Å². The van der Waals surface area contributed by atoms with Gasteiger partial charge in [0.2, 0.25) is 11.3 Å². The zero-order valence-electron chi connectivity index (χ0n) is 52.1. The van der Waals surface area contributed by atoms with Crippen LogP contribution in [0.2, 0.25) is 0 Å². The van der Waals surface area contributed by atoms with Crippen LogP contribution in [0, 0.1) is 30.6 Å². The monoisotopic (exact) mass is 1330 g/mol. The lowest BCUT2D eigenvalue weighted by Gasteiger charge is -2.32. The van der Waals surface area contributed by atoms with Gasteiger partial charge in [0.05, 0.1) is 123 Å². The Hall–Kier alpha value is -10.1. The summed E-state index contributed by atoms with van der Waals surface area (Å²) in [6.07, 6.45) is 10.2. The minimum absolute atomic E-state index is 0.239. The fourth-order valence-corrected chi connectivity index (χ4v) is 11.8. The van der Waals surface area contributed by atoms with Gasteiger partial charge < -0.3 is 38.9 Å². The van der Waals surface area contributed by atoms with Crippen molar-refractivity contribution < 1.29 is 41.5 Å². The summed E-state index contributed by atoms with van der Waals surface area (Å²) in [4.78, 5) is 31.3. The Balaban J connectivity index is 0.000000121. The Kier molecular flexibility index (Phi) is 18.3. The SMILES string of the molecule is CC.Fc1ccc(-c2nn3c(c2Br)COCC3)cc1.NC(=O)c1cnc2ccc(-c3c(-c4ccc(F)cc4)nn4c3COCC4)cn12.[C-]#[N+]c1cnc2ccc(-c3c(-c4ccc(F)cc4)nn4c3COCC4)cn12.[C-]#[N+]c1cnc2ccc(B3OC(C)(C)C(C)(C)O3)cn12. The van der Waals surface area contributed by atoms with Crippen LogP contribution in [0.15, 0.2) is 151 Å². The summed E-state index contributed by atoms with van der Waals surface area (Å²) >= 11 is 3.54. The van der Waals surface area contributed by atoms with E-state index in [-0.39, 0.29) is 28.7 Å². The van der Waals surface area contributed by atoms with Crippen LogP contribution in [0.3, 0.4) is 0 Å². The number of pyridine rings is 3. The van der Waals surface area contributed by atoms with Crippen molar-refractivity contribution in [3.63, 3.8) is 0 Å². The van der Waals surface area contributed by atoms with Crippen LogP contribution in [0.4, 0.5) is 24.8 Å². The third-order valence-electron chi connectivity index (χ3n) is 16.6. The van der Waals surface area contributed by atoms with Crippen molar-refractivity contribution in [2.45, 2.75) is 92.2 Å². The van der Waals surface area contributed by atoms with Gasteiger partial charge in [-0.05, 0) is 135 Å². The standard InChI is InChI=1S/C20H16FN5O2.C20H14FN5O.C14H16BN3O2.C12H10BrFN2O.C2H6/c21-14-4-1-12(2-5-14)19-18(16-11-28-8-7-26(16)24-19)13-3-6-17-23-9-15(20(22)27)25(17)10-13;1-22-18-10-23-17-7-4-14(11-25(17)18)19-16-12-27-9-8-26(16)24-20(19)13-2-5-15(21)6-3-13;1-13(2)14(3,4)20-15(19-13)10-6-7-11-17-8-12(16-5)18(11)9-10;13-11-10-7-17-6-5-16(10)15-12(11)8-1-3-9(14)4-2-8;1-2/h1-6,9-10H,7-8,11H2,(H2,22,27);2-7,10-11H,8-9,12H2;6-9H,1-4H3;1-4H,5-7H2;1-2H3. The fourth-order valence-electron chi connectivity index (χ4n) is 11.1. The molecule has 9 aromatic heterocycles. The molecule has 26 heteroatoms. The van der Waals surface area contributed by atoms with Gasteiger partial charge in [-0.1, -0.05) is 33.1 Å². The number of fused-ring (bicyclic) bond motifs is 6. The van der Waals surface area contributed by atoms with Gasteiger partial charge in [0.15, 0.2) is 0 Å². The van der Waals surface area contributed by atoms with Gasteiger partial charge in [0.1, 0.15) is 45.9 Å². The molecule has 4 aliphatic heterocycles. The maximum atomic E-state index is 13.4. The van der Waals surface area contributed by atoms with Crippen LogP contribution < -0.4 is 11.2 Å². The minimum Gasteiger partial charge on any atom is -0.399 e. The van der Waals surface area contributed by atoms with Gasteiger partial charge in [-0.2, -0.15) is 15.3 Å². The lowest BCUT2D eigenvalue weighted by molar-refractivity contribution is 0.00578. The molecule has 94 heavy (non-hydrogen) atoms. The van der Waals surface area contributed by atoms with Crippen LogP contribution >= 0.6 is 15.9 Å². The number of hydrogen-bond acceptors (Lipinski definition) is 12. The van der Waals surface area contributed by atoms with E-state index < -0.39 is 13.0 Å². The highest BCUT2D eigenvalue weighted by atomic mass is 79.9. The Bertz CT molecular complexity index is 4850. The van der Waals surface area contributed by atoms with Crippen LogP contribution in [0.25, 0.3) is 82.7 Å². The van der Waals surface area contributed by atoms with E-state index in [0.717, 1.165) is 95.2 Å². The molecular formula is C68H62BBrF3N15O6. The Morgan fingerprint density at radius 1 is 0.521 bits per heavy atom. The lowest BCUT2D eigenvalue weighted by atomic mass is 9.80. The predicted molar refractivity (Wildman–Crippen MR) is 351 cm³/mol. The number of halogens is 4. The van der Waals surface area contributed by atoms with Crippen LogP contribution in [0.1, 0.15) is 69.1 Å². The summed E-state index contributed by atoms with van der Waals surface area (Å²) in [6, 6.07) is 30.3. The van der Waals surface area contributed by atoms with Gasteiger partial charge >= 0.3 is 7.12 Å². The van der Waals surface area contributed by atoms with Gasteiger partial charge in [-0.25, -0.2) is 36.9 Å². The average molecular weight is 1330 g/mol. The van der Waals surface area contributed by atoms with Crippen LogP contribution in [-0.2, 0) is 63.0 Å². The molecule has 476 valence electrons. The summed E-state index contributed by atoms with van der Waals surface area (Å²) in [5.41, 5.74) is 19.4. The molecule has 4 aliphatic rings. The van der Waals surface area contributed by atoms with E-state index in [2.05, 4.69) is 45.7 Å². The number of benzene rings is 3. The molecule has 1 fully saturated rings. The van der Waals surface area contributed by atoms with Gasteiger partial charge in [-0.15, -0.1) is 0 Å². The number of carbonyl (C=O) groups is 1. The molecule has 21 nitrogen and oxygen atoms in total. The van der Waals surface area contributed by atoms with Gasteiger partial charge in [0.25, 0.3) is 17.5 Å². The number of nitrogens with two attached hydrogens (primary N) is 1. The number of ether oxygens (including phenoxy) is 3. The quantitative estimate of drug-likeness (QED) is 0.117. The first-order chi connectivity index (χ1) is 45.4. The molecule has 16 rings (SSSR count). The Morgan fingerprint density at radius 2 is 0.894 bits per heavy atom. The molecule has 0 atom stereocenters. The number of carbonyl (C=O) groups excluding carboxylic acids is 1. The van der Waals surface area contributed by atoms with Crippen molar-refractivity contribution in [2.75, 3.05) is 19.8 Å². The number of aromatic nitrogens is 12. The topological polar surface area (TPSA) is 203 Å². The fraction of sp³-hybridized carbons (Fsp3) is 0.250. The molecule has 12 aromatic rings. The maximum Gasteiger partial charge on any atom is 0.498 e. The van der Waals surface area contributed by atoms with E-state index in [1.807, 2.05) is 111 Å². The maximum absolute atomic E-state index is 13.4. The third-order valence-corrected chi connectivity index (χ3v) is 17.4. The Labute approximate surface area is 547 Å². The van der Waals surface area contributed by atoms with E-state index >= 15 is 0 Å². The molecule has 13 heterocycles. The summed E-state index contributed by atoms with van der Waals surface area (Å²) < 4.78 is 80.3. The van der Waals surface area contributed by atoms with E-state index in [4.69, 9.17) is 52.6 Å². The number of imidazole rings is 3. The highest BCUT2D eigenvalue weighted by molar-refractivity contribution is 9.10. The summed E-state index contributed by atoms with van der Waals surface area (Å²) in [7, 11) is -0.426. The lowest BCUT2D eigenvalue weighted by Crippen LogP contribution is -2.41. The largest absolute Gasteiger partial charge is 0.498 e. The van der Waals surface area contributed by atoms with E-state index in [0.29, 0.717) is 81.4 Å². The van der Waals surface area contributed by atoms with Crippen molar-refractivity contribution in [2.24, 2.45) is 5.73 Å². The highest BCUT2D eigenvalue weighted by Crippen LogP contribution is 2.40. The molecule has 2 N–H and O–H groups in total. The van der Waals surface area contributed by atoms with Crippen molar-refractivity contribution in [1.29, 1.82) is 0 Å². The third kappa shape index (κ3) is 12.7. The summed E-state index contributed by atoms with van der Waals surface area (Å²) in [5, 5.41) is 14.0. The smallest absolute Gasteiger partial charge is 0.399 e. The molecule has 0 unspecified atom stereocenters. The molecular weight excluding hydrogens is 1270 g/mol. The number of rotatable bonds is 7. The predicted octanol–water partition coefficient (Wildman–Crippen LogP) is 12.9. The zero-order chi connectivity index (χ0) is 66.0. The Morgan fingerprint density at radius 3 is 1.34 bits per heavy atom. The van der Waals surface area contributed by atoms with E-state index in [9.17, 15) is 18.0 Å². The first kappa shape index (κ1) is 64.1. The van der Waals surface area contributed by atoms with Crippen LogP contribution in [-0.4, -0.2) is 102 Å². The molecule has 0 aliphatic carbocycles. The molecule has 0 spiro atoms. The minimum atomic E-state index is -0.552. The van der Waals surface area contributed by atoms with Crippen molar-refractivity contribution in [3.8, 4) is 56.0 Å². The molecule has 0 bridgehead atoms. The summed E-state index contributed by atoms with van der Waals surface area (Å²) in [6.45, 7) is 32.0. The summed E-state index contributed by atoms with van der Waals surface area (Å²) in [5.74, 6) is -0.440. The van der Waals surface area contributed by atoms with Crippen molar-refractivity contribution >= 4 is 63.0 Å². The highest BCUT2D eigenvalue weighted by Gasteiger charge is 2.52. The first-order valence-electron chi connectivity index (χ1n) is 30.2. The second-order valence-electron chi connectivity index (χ2n) is 22.8. The second-order valence-corrected chi connectivity index (χ2v) is 23.6. The molecule has 3 aromatic carbocycles. The molecule has 1 amide bonds. The zero-order valence-corrected chi connectivity index (χ0v) is 53.7. The molecule has 0 radical (unpaired) electrons. The van der Waals surface area contributed by atoms with Crippen molar-refractivity contribution in [1.82, 2.24) is 57.5 Å². The average Bonchev–Trinajstić information content (AvgIpc) is 1.67. The number of hydrogen-bond donors (Lipinski definition) is 1. The number of amides is 1. The van der Waals surface area contributed by atoms with E-state index in [1.54, 1.807) is 62.0 Å². The van der Waals surface area contributed by atoms with Crippen LogP contribution in [0.5, 0.6) is 0 Å². The number of primary amides is 1. The normalized spacial score (nSPS) is 15.0. The molecule has 1 saturated heterocycles. The van der Waals surface area contributed by atoms with Gasteiger partial charge in [0, 0.05) is 62.7 Å². The first-order valence-corrected chi connectivity index (χ1v) is 31.0. The van der Waals surface area contributed by atoms with Crippen molar-refractivity contribution in [3.05, 3.63) is 214 Å². The second kappa shape index (κ2) is 26.9.